The van der Waals surface area contributed by atoms with E-state index in [1.807, 2.05) is 0 Å². The van der Waals surface area contributed by atoms with Gasteiger partial charge in [0.2, 0.25) is 5.91 Å². The van der Waals surface area contributed by atoms with Gasteiger partial charge < -0.3 is 9.80 Å². The van der Waals surface area contributed by atoms with Crippen LogP contribution in [0.4, 0.5) is 3.89 Å². The third-order valence-electron chi connectivity index (χ3n) is 4.21. The van der Waals surface area contributed by atoms with Crippen LogP contribution in [-0.2, 0) is 15.0 Å². The van der Waals surface area contributed by atoms with E-state index in [2.05, 4.69) is 18.7 Å². The zero-order valence-corrected chi connectivity index (χ0v) is 12.9. The molecule has 2 aliphatic rings. The number of piperidine rings is 1. The van der Waals surface area contributed by atoms with Gasteiger partial charge >= 0.3 is 10.2 Å². The number of hydrogen-bond donors (Lipinski definition) is 0. The maximum atomic E-state index is 12.9. The molecule has 2 fully saturated rings. The van der Waals surface area contributed by atoms with Crippen molar-refractivity contribution in [3.05, 3.63) is 0 Å². The molecule has 0 aromatic heterocycles. The Balaban J connectivity index is 1.84. The molecule has 1 amide bonds. The van der Waals surface area contributed by atoms with Gasteiger partial charge in [-0.15, -0.1) is 3.89 Å². The summed E-state index contributed by atoms with van der Waals surface area (Å²) < 4.78 is 34.6. The van der Waals surface area contributed by atoms with Gasteiger partial charge in [-0.25, -0.2) is 0 Å². The fourth-order valence-corrected chi connectivity index (χ4v) is 4.08. The van der Waals surface area contributed by atoms with E-state index in [-0.39, 0.29) is 18.9 Å². The highest BCUT2D eigenvalue weighted by molar-refractivity contribution is 7.87. The van der Waals surface area contributed by atoms with Gasteiger partial charge in [-0.2, -0.15) is 8.42 Å². The average Bonchev–Trinajstić information content (AvgIpc) is 2.66. The molecule has 2 rings (SSSR count). The molecule has 7 heteroatoms. The summed E-state index contributed by atoms with van der Waals surface area (Å²) in [6, 6.07) is 0. The van der Waals surface area contributed by atoms with Crippen LogP contribution >= 0.6 is 0 Å². The number of nitrogens with zero attached hydrogens (tertiary/aromatic N) is 2. The molecule has 2 heterocycles. The Morgan fingerprint density at radius 2 is 1.75 bits per heavy atom. The van der Waals surface area contributed by atoms with Gasteiger partial charge in [-0.05, 0) is 18.3 Å². The van der Waals surface area contributed by atoms with Gasteiger partial charge in [0.25, 0.3) is 0 Å². The standard InChI is InChI=1S/C13H23FN2O3S/c1-10-5-11(2)8-15(7-10)3-4-16-9-12(6-13(16)17)20(14,18)19/h10-12H,3-9H2,1-2H3. The second-order valence-corrected chi connectivity index (χ2v) is 7.96. The summed E-state index contributed by atoms with van der Waals surface area (Å²) in [4.78, 5) is 15.5. The first-order valence-corrected chi connectivity index (χ1v) is 8.64. The molecular weight excluding hydrogens is 283 g/mol. The first-order chi connectivity index (χ1) is 9.25. The van der Waals surface area contributed by atoms with Crippen LogP contribution in [0.1, 0.15) is 26.7 Å². The van der Waals surface area contributed by atoms with Crippen LogP contribution in [0.5, 0.6) is 0 Å². The van der Waals surface area contributed by atoms with Gasteiger partial charge in [-0.3, -0.25) is 4.79 Å². The van der Waals surface area contributed by atoms with E-state index in [9.17, 15) is 17.1 Å². The minimum absolute atomic E-state index is 0.00336. The van der Waals surface area contributed by atoms with E-state index in [1.165, 1.54) is 11.3 Å². The molecule has 116 valence electrons. The molecule has 0 radical (unpaired) electrons. The smallest absolute Gasteiger partial charge is 0.307 e. The van der Waals surface area contributed by atoms with Gasteiger partial charge in [0.15, 0.2) is 0 Å². The third-order valence-corrected chi connectivity index (χ3v) is 5.32. The van der Waals surface area contributed by atoms with Crippen LogP contribution in [0.3, 0.4) is 0 Å². The molecule has 0 spiro atoms. The van der Waals surface area contributed by atoms with Crippen molar-refractivity contribution in [3.63, 3.8) is 0 Å². The lowest BCUT2D eigenvalue weighted by Gasteiger charge is -2.35. The van der Waals surface area contributed by atoms with E-state index in [4.69, 9.17) is 0 Å². The number of carbonyl (C=O) groups excluding carboxylic acids is 1. The highest BCUT2D eigenvalue weighted by Crippen LogP contribution is 2.22. The minimum Gasteiger partial charge on any atom is -0.340 e. The van der Waals surface area contributed by atoms with Crippen LogP contribution in [0.25, 0.3) is 0 Å². The van der Waals surface area contributed by atoms with E-state index < -0.39 is 15.5 Å². The fraction of sp³-hybridized carbons (Fsp3) is 0.923. The number of hydrogen-bond acceptors (Lipinski definition) is 4. The highest BCUT2D eigenvalue weighted by atomic mass is 32.3. The van der Waals surface area contributed by atoms with Crippen molar-refractivity contribution < 1.29 is 17.1 Å². The molecule has 0 aromatic rings. The van der Waals surface area contributed by atoms with Crippen molar-refractivity contribution in [2.24, 2.45) is 11.8 Å². The Morgan fingerprint density at radius 1 is 1.15 bits per heavy atom. The van der Waals surface area contributed by atoms with Crippen LogP contribution < -0.4 is 0 Å². The average molecular weight is 306 g/mol. The van der Waals surface area contributed by atoms with Crippen LogP contribution in [0.2, 0.25) is 0 Å². The summed E-state index contributed by atoms with van der Waals surface area (Å²) in [7, 11) is -4.61. The quantitative estimate of drug-likeness (QED) is 0.723. The molecule has 20 heavy (non-hydrogen) atoms. The Bertz CT molecular complexity index is 458. The van der Waals surface area contributed by atoms with Crippen molar-refractivity contribution >= 4 is 16.1 Å². The third kappa shape index (κ3) is 3.91. The van der Waals surface area contributed by atoms with Crippen LogP contribution in [0, 0.1) is 11.8 Å². The van der Waals surface area contributed by atoms with Crippen LogP contribution in [0.15, 0.2) is 0 Å². The molecule has 0 aliphatic carbocycles. The zero-order valence-electron chi connectivity index (χ0n) is 12.1. The first kappa shape index (κ1) is 15.7. The van der Waals surface area contributed by atoms with Gasteiger partial charge in [0.1, 0.15) is 5.25 Å². The monoisotopic (exact) mass is 306 g/mol. The van der Waals surface area contributed by atoms with Gasteiger partial charge in [0.05, 0.1) is 0 Å². The first-order valence-electron chi connectivity index (χ1n) is 7.19. The number of likely N-dealkylation sites (tertiary alicyclic amines) is 2. The summed E-state index contributed by atoms with van der Waals surface area (Å²) in [5, 5.41) is -1.17. The lowest BCUT2D eigenvalue weighted by molar-refractivity contribution is -0.127. The lowest BCUT2D eigenvalue weighted by Crippen LogP contribution is -2.43. The molecule has 2 saturated heterocycles. The zero-order chi connectivity index (χ0) is 14.9. The van der Waals surface area contributed by atoms with Crippen molar-refractivity contribution in [1.29, 1.82) is 0 Å². The Labute approximate surface area is 120 Å². The predicted molar refractivity (Wildman–Crippen MR) is 74.4 cm³/mol. The summed E-state index contributed by atoms with van der Waals surface area (Å²) in [5.41, 5.74) is 0. The van der Waals surface area contributed by atoms with Crippen LogP contribution in [-0.4, -0.2) is 62.1 Å². The van der Waals surface area contributed by atoms with E-state index in [0.717, 1.165) is 19.6 Å². The summed E-state index contributed by atoms with van der Waals surface area (Å²) in [6.45, 7) is 7.68. The van der Waals surface area contributed by atoms with Crippen molar-refractivity contribution in [2.75, 3.05) is 32.7 Å². The maximum absolute atomic E-state index is 12.9. The highest BCUT2D eigenvalue weighted by Gasteiger charge is 2.38. The second kappa shape index (κ2) is 5.97. The number of carbonyl (C=O) groups is 1. The molecular formula is C13H23FN2O3S. The van der Waals surface area contributed by atoms with E-state index in [1.54, 1.807) is 0 Å². The van der Waals surface area contributed by atoms with Crippen molar-refractivity contribution in [2.45, 2.75) is 31.9 Å². The molecule has 0 N–H and O–H groups in total. The Kier molecular flexibility index (Phi) is 4.69. The fourth-order valence-electron chi connectivity index (χ4n) is 3.38. The summed E-state index contributed by atoms with van der Waals surface area (Å²) in [6.07, 6.45) is 1.01. The normalized spacial score (nSPS) is 32.9. The maximum Gasteiger partial charge on any atom is 0.307 e. The van der Waals surface area contributed by atoms with Gasteiger partial charge in [0, 0.05) is 39.1 Å². The summed E-state index contributed by atoms with van der Waals surface area (Å²) in [5.74, 6) is 1.04. The number of rotatable bonds is 4. The van der Waals surface area contributed by atoms with Crippen molar-refractivity contribution in [1.82, 2.24) is 9.80 Å². The predicted octanol–water partition coefficient (Wildman–Crippen LogP) is 0.865. The number of amides is 1. The van der Waals surface area contributed by atoms with Gasteiger partial charge in [-0.1, -0.05) is 13.8 Å². The van der Waals surface area contributed by atoms with E-state index in [0.29, 0.717) is 18.4 Å². The topological polar surface area (TPSA) is 57.7 Å². The van der Waals surface area contributed by atoms with Crippen molar-refractivity contribution in [3.8, 4) is 0 Å². The second-order valence-electron chi connectivity index (χ2n) is 6.35. The summed E-state index contributed by atoms with van der Waals surface area (Å²) >= 11 is 0. The Hall–Kier alpha value is -0.690. The molecule has 0 aromatic carbocycles. The number of halogens is 1. The molecule has 3 unspecified atom stereocenters. The Morgan fingerprint density at radius 3 is 2.25 bits per heavy atom. The van der Waals surface area contributed by atoms with E-state index >= 15 is 0 Å². The molecule has 0 saturated carbocycles. The molecule has 5 nitrogen and oxygen atoms in total. The molecule has 0 bridgehead atoms. The SMILES string of the molecule is CC1CC(C)CN(CCN2CC(S(=O)(=O)F)CC2=O)C1. The molecule has 2 aliphatic heterocycles. The largest absolute Gasteiger partial charge is 0.340 e. The lowest BCUT2D eigenvalue weighted by atomic mass is 9.92. The minimum atomic E-state index is -4.61. The molecule has 3 atom stereocenters.